The summed E-state index contributed by atoms with van der Waals surface area (Å²) in [7, 11) is 0. The molecule has 138 valence electrons. The number of nitrogens with one attached hydrogen (secondary N) is 2. The van der Waals surface area contributed by atoms with E-state index in [2.05, 4.69) is 15.5 Å². The number of aryl methyl sites for hydroxylation is 3. The van der Waals surface area contributed by atoms with Crippen molar-refractivity contribution in [1.82, 2.24) is 10.2 Å². The van der Waals surface area contributed by atoms with Crippen molar-refractivity contribution in [2.45, 2.75) is 46.8 Å². The molecular formula is C19H29N3O3. The molecule has 0 saturated carbocycles. The van der Waals surface area contributed by atoms with Crippen LogP contribution in [0.25, 0.3) is 0 Å². The Morgan fingerprint density at radius 3 is 2.20 bits per heavy atom. The molecule has 1 heterocycles. The summed E-state index contributed by atoms with van der Waals surface area (Å²) in [5.74, 6) is -0.360. The van der Waals surface area contributed by atoms with Crippen molar-refractivity contribution in [2.24, 2.45) is 0 Å². The van der Waals surface area contributed by atoms with Crippen LogP contribution in [-0.4, -0.2) is 55.1 Å². The summed E-state index contributed by atoms with van der Waals surface area (Å²) in [5, 5.41) is 5.59. The SMILES string of the molecule is Cc1cc(C)c(NC(=O)CNC(=O)CN2CC(C)OC(C)C2)c(C)c1. The minimum atomic E-state index is -0.216. The van der Waals surface area contributed by atoms with Crippen LogP contribution in [0.4, 0.5) is 5.69 Å². The summed E-state index contributed by atoms with van der Waals surface area (Å²) >= 11 is 0. The molecule has 1 fully saturated rings. The van der Waals surface area contributed by atoms with Crippen molar-refractivity contribution < 1.29 is 14.3 Å². The van der Waals surface area contributed by atoms with E-state index >= 15 is 0 Å². The zero-order chi connectivity index (χ0) is 18.6. The zero-order valence-electron chi connectivity index (χ0n) is 15.8. The van der Waals surface area contributed by atoms with Crippen LogP contribution >= 0.6 is 0 Å². The predicted molar refractivity (Wildman–Crippen MR) is 98.7 cm³/mol. The van der Waals surface area contributed by atoms with Crippen LogP contribution in [0.1, 0.15) is 30.5 Å². The highest BCUT2D eigenvalue weighted by molar-refractivity contribution is 5.96. The fraction of sp³-hybridized carbons (Fsp3) is 0.579. The van der Waals surface area contributed by atoms with E-state index in [-0.39, 0.29) is 37.1 Å². The van der Waals surface area contributed by atoms with E-state index in [0.29, 0.717) is 0 Å². The van der Waals surface area contributed by atoms with Crippen LogP contribution in [0.5, 0.6) is 0 Å². The normalized spacial score (nSPS) is 21.0. The van der Waals surface area contributed by atoms with Crippen LogP contribution in [-0.2, 0) is 14.3 Å². The Kier molecular flexibility index (Phi) is 6.56. The first kappa shape index (κ1) is 19.4. The number of benzene rings is 1. The van der Waals surface area contributed by atoms with E-state index in [1.165, 1.54) is 0 Å². The molecule has 6 nitrogen and oxygen atoms in total. The van der Waals surface area contributed by atoms with Gasteiger partial charge in [0.05, 0.1) is 25.3 Å². The first-order valence-corrected chi connectivity index (χ1v) is 8.76. The van der Waals surface area contributed by atoms with Crippen LogP contribution < -0.4 is 10.6 Å². The van der Waals surface area contributed by atoms with Gasteiger partial charge < -0.3 is 15.4 Å². The smallest absolute Gasteiger partial charge is 0.243 e. The van der Waals surface area contributed by atoms with Crippen molar-refractivity contribution in [3.63, 3.8) is 0 Å². The number of nitrogens with zero attached hydrogens (tertiary/aromatic N) is 1. The molecule has 0 aliphatic carbocycles. The Labute approximate surface area is 149 Å². The Bertz CT molecular complexity index is 612. The molecule has 1 aliphatic heterocycles. The predicted octanol–water partition coefficient (Wildman–Crippen LogP) is 1.78. The van der Waals surface area contributed by atoms with Gasteiger partial charge in [0.1, 0.15) is 0 Å². The lowest BCUT2D eigenvalue weighted by Crippen LogP contribution is -2.49. The molecule has 2 atom stereocenters. The van der Waals surface area contributed by atoms with Crippen molar-refractivity contribution >= 4 is 17.5 Å². The first-order chi connectivity index (χ1) is 11.7. The Morgan fingerprint density at radius 2 is 1.64 bits per heavy atom. The number of carbonyl (C=O) groups is 2. The highest BCUT2D eigenvalue weighted by Gasteiger charge is 2.23. The molecule has 25 heavy (non-hydrogen) atoms. The van der Waals surface area contributed by atoms with Crippen molar-refractivity contribution in [1.29, 1.82) is 0 Å². The van der Waals surface area contributed by atoms with Gasteiger partial charge >= 0.3 is 0 Å². The average Bonchev–Trinajstić information content (AvgIpc) is 2.47. The fourth-order valence-electron chi connectivity index (χ4n) is 3.41. The van der Waals surface area contributed by atoms with E-state index in [1.807, 2.05) is 46.8 Å². The third-order valence-corrected chi connectivity index (χ3v) is 4.25. The van der Waals surface area contributed by atoms with Gasteiger partial charge in [0.25, 0.3) is 0 Å². The first-order valence-electron chi connectivity index (χ1n) is 8.76. The van der Waals surface area contributed by atoms with Gasteiger partial charge in [-0.2, -0.15) is 0 Å². The van der Waals surface area contributed by atoms with Gasteiger partial charge in [-0.3, -0.25) is 14.5 Å². The number of amides is 2. The lowest BCUT2D eigenvalue weighted by molar-refractivity contribution is -0.128. The largest absolute Gasteiger partial charge is 0.373 e. The third-order valence-electron chi connectivity index (χ3n) is 4.25. The molecule has 0 aromatic heterocycles. The number of hydrogen-bond donors (Lipinski definition) is 2. The second kappa shape index (κ2) is 8.45. The molecule has 0 spiro atoms. The summed E-state index contributed by atoms with van der Waals surface area (Å²) < 4.78 is 5.66. The molecule has 0 bridgehead atoms. The van der Waals surface area contributed by atoms with E-state index < -0.39 is 0 Å². The minimum absolute atomic E-state index is 0.0267. The van der Waals surface area contributed by atoms with Crippen LogP contribution in [0, 0.1) is 20.8 Å². The number of ether oxygens (including phenoxy) is 1. The average molecular weight is 347 g/mol. The number of carbonyl (C=O) groups excluding carboxylic acids is 2. The maximum absolute atomic E-state index is 12.1. The van der Waals surface area contributed by atoms with E-state index in [9.17, 15) is 9.59 Å². The number of anilines is 1. The summed E-state index contributed by atoms with van der Waals surface area (Å²) in [6, 6.07) is 4.06. The van der Waals surface area contributed by atoms with Gasteiger partial charge in [0.2, 0.25) is 11.8 Å². The molecule has 2 rings (SSSR count). The van der Waals surface area contributed by atoms with Crippen molar-refractivity contribution in [2.75, 3.05) is 31.5 Å². The molecule has 0 radical (unpaired) electrons. The topological polar surface area (TPSA) is 70.7 Å². The van der Waals surface area contributed by atoms with Crippen molar-refractivity contribution in [3.05, 3.63) is 28.8 Å². The summed E-state index contributed by atoms with van der Waals surface area (Å²) in [4.78, 5) is 26.3. The molecule has 1 saturated heterocycles. The molecular weight excluding hydrogens is 318 g/mol. The lowest BCUT2D eigenvalue weighted by Gasteiger charge is -2.34. The number of hydrogen-bond acceptors (Lipinski definition) is 4. The molecule has 2 N–H and O–H groups in total. The maximum atomic E-state index is 12.1. The lowest BCUT2D eigenvalue weighted by atomic mass is 10.1. The highest BCUT2D eigenvalue weighted by atomic mass is 16.5. The monoisotopic (exact) mass is 347 g/mol. The van der Waals surface area contributed by atoms with Gasteiger partial charge in [-0.1, -0.05) is 17.7 Å². The molecule has 6 heteroatoms. The number of rotatable bonds is 5. The van der Waals surface area contributed by atoms with E-state index in [0.717, 1.165) is 35.5 Å². The fourth-order valence-corrected chi connectivity index (χ4v) is 3.41. The maximum Gasteiger partial charge on any atom is 0.243 e. The Balaban J connectivity index is 1.81. The van der Waals surface area contributed by atoms with Gasteiger partial charge in [-0.15, -0.1) is 0 Å². The van der Waals surface area contributed by atoms with Gasteiger partial charge in [-0.05, 0) is 45.7 Å². The van der Waals surface area contributed by atoms with E-state index in [4.69, 9.17) is 4.74 Å². The van der Waals surface area contributed by atoms with Crippen LogP contribution in [0.2, 0.25) is 0 Å². The third kappa shape index (κ3) is 5.83. The molecule has 2 unspecified atom stereocenters. The summed E-state index contributed by atoms with van der Waals surface area (Å²) in [6.07, 6.45) is 0.236. The quantitative estimate of drug-likeness (QED) is 0.852. The summed E-state index contributed by atoms with van der Waals surface area (Å²) in [5.41, 5.74) is 4.03. The van der Waals surface area contributed by atoms with Gasteiger partial charge in [-0.25, -0.2) is 0 Å². The second-order valence-corrected chi connectivity index (χ2v) is 7.05. The standard InChI is InChI=1S/C19H29N3O3/c1-12-6-13(2)19(14(3)7-12)21-17(23)8-20-18(24)11-22-9-15(4)25-16(5)10-22/h6-7,15-16H,8-11H2,1-5H3,(H,20,24)(H,21,23). The Morgan fingerprint density at radius 1 is 1.08 bits per heavy atom. The van der Waals surface area contributed by atoms with Gasteiger partial charge in [0, 0.05) is 18.8 Å². The number of morpholine rings is 1. The molecule has 1 aromatic rings. The zero-order valence-corrected chi connectivity index (χ0v) is 15.8. The van der Waals surface area contributed by atoms with Gasteiger partial charge in [0.15, 0.2) is 0 Å². The Hall–Kier alpha value is -1.92. The van der Waals surface area contributed by atoms with Crippen molar-refractivity contribution in [3.8, 4) is 0 Å². The highest BCUT2D eigenvalue weighted by Crippen LogP contribution is 2.21. The van der Waals surface area contributed by atoms with Crippen LogP contribution in [0.15, 0.2) is 12.1 Å². The summed E-state index contributed by atoms with van der Waals surface area (Å²) in [6.45, 7) is 11.7. The van der Waals surface area contributed by atoms with E-state index in [1.54, 1.807) is 0 Å². The molecule has 1 aliphatic rings. The van der Waals surface area contributed by atoms with Crippen LogP contribution in [0.3, 0.4) is 0 Å². The second-order valence-electron chi connectivity index (χ2n) is 7.05. The minimum Gasteiger partial charge on any atom is -0.373 e. The molecule has 1 aromatic carbocycles. The molecule has 2 amide bonds.